The molecule has 0 aliphatic heterocycles. The second kappa shape index (κ2) is 5.94. The maximum absolute atomic E-state index is 12.2. The Morgan fingerprint density at radius 3 is 2.88 bits per heavy atom. The Kier molecular flexibility index (Phi) is 3.63. The van der Waals surface area contributed by atoms with Crippen LogP contribution in [0.4, 0.5) is 0 Å². The van der Waals surface area contributed by atoms with Crippen LogP contribution in [0.1, 0.15) is 23.1 Å². The number of hydrogen-bond acceptors (Lipinski definition) is 4. The fourth-order valence-corrected chi connectivity index (χ4v) is 3.06. The maximum atomic E-state index is 12.2. The minimum atomic E-state index is -0.607. The number of aliphatic hydroxyl groups excluding tert-OH is 1. The van der Waals surface area contributed by atoms with Crippen LogP contribution < -0.4 is 5.32 Å². The zero-order chi connectivity index (χ0) is 16.5. The molecule has 4 rings (SSSR count). The fourth-order valence-electron chi connectivity index (χ4n) is 3.06. The molecule has 1 heterocycles. The average Bonchev–Trinajstić information content (AvgIpc) is 3.14. The largest absolute Gasteiger partial charge is 0.437 e. The van der Waals surface area contributed by atoms with Crippen molar-refractivity contribution in [1.29, 1.82) is 0 Å². The van der Waals surface area contributed by atoms with Crippen LogP contribution in [0.3, 0.4) is 0 Å². The molecule has 1 amide bonds. The van der Waals surface area contributed by atoms with Crippen LogP contribution in [0.2, 0.25) is 0 Å². The molecule has 2 atom stereocenters. The number of para-hydroxylation sites is 2. The molecule has 5 heteroatoms. The number of hydrogen-bond donors (Lipinski definition) is 2. The highest BCUT2D eigenvalue weighted by molar-refractivity contribution is 5.92. The van der Waals surface area contributed by atoms with E-state index in [1.165, 1.54) is 12.2 Å². The van der Waals surface area contributed by atoms with Gasteiger partial charge in [0.15, 0.2) is 5.58 Å². The predicted molar refractivity (Wildman–Crippen MR) is 90.1 cm³/mol. The van der Waals surface area contributed by atoms with Crippen molar-refractivity contribution in [3.05, 3.63) is 71.6 Å². The van der Waals surface area contributed by atoms with Crippen LogP contribution in [0, 0.1) is 0 Å². The third-order valence-electron chi connectivity index (χ3n) is 4.19. The van der Waals surface area contributed by atoms with Crippen LogP contribution in [0.15, 0.2) is 59.0 Å². The molecule has 0 fully saturated rings. The van der Waals surface area contributed by atoms with Gasteiger partial charge in [-0.15, -0.1) is 0 Å². The third kappa shape index (κ3) is 2.70. The molecular weight excluding hydrogens is 304 g/mol. The van der Waals surface area contributed by atoms with Gasteiger partial charge in [-0.25, -0.2) is 4.98 Å². The molecule has 2 aromatic carbocycles. The van der Waals surface area contributed by atoms with Crippen molar-refractivity contribution < 1.29 is 14.3 Å². The van der Waals surface area contributed by atoms with E-state index in [1.807, 2.05) is 48.5 Å². The number of amides is 1. The summed E-state index contributed by atoms with van der Waals surface area (Å²) in [5.41, 5.74) is 3.46. The number of oxazole rings is 1. The number of aromatic nitrogens is 1. The topological polar surface area (TPSA) is 75.4 Å². The molecule has 0 saturated carbocycles. The Labute approximate surface area is 138 Å². The van der Waals surface area contributed by atoms with Gasteiger partial charge in [0, 0.05) is 18.6 Å². The van der Waals surface area contributed by atoms with Gasteiger partial charge in [0.25, 0.3) is 0 Å². The Balaban J connectivity index is 1.48. The lowest BCUT2D eigenvalue weighted by molar-refractivity contribution is -0.117. The van der Waals surface area contributed by atoms with Crippen molar-refractivity contribution in [2.75, 3.05) is 0 Å². The highest BCUT2D eigenvalue weighted by Crippen LogP contribution is 2.31. The maximum Gasteiger partial charge on any atom is 0.244 e. The van der Waals surface area contributed by atoms with E-state index in [2.05, 4.69) is 10.3 Å². The normalized spacial score (nSPS) is 19.7. The lowest BCUT2D eigenvalue weighted by atomic mass is 10.1. The van der Waals surface area contributed by atoms with Crippen LogP contribution in [0.5, 0.6) is 0 Å². The summed E-state index contributed by atoms with van der Waals surface area (Å²) in [6, 6.07) is 14.8. The number of fused-ring (bicyclic) bond motifs is 2. The Morgan fingerprint density at radius 2 is 2.00 bits per heavy atom. The van der Waals surface area contributed by atoms with Crippen LogP contribution in [-0.4, -0.2) is 22.1 Å². The van der Waals surface area contributed by atoms with Crippen LogP contribution in [0.25, 0.3) is 17.2 Å². The van der Waals surface area contributed by atoms with Gasteiger partial charge in [-0.1, -0.05) is 36.4 Å². The number of aliphatic hydroxyl groups is 1. The van der Waals surface area contributed by atoms with Crippen molar-refractivity contribution >= 4 is 23.1 Å². The lowest BCUT2D eigenvalue weighted by Gasteiger charge is -2.16. The first-order valence-corrected chi connectivity index (χ1v) is 7.81. The predicted octanol–water partition coefficient (Wildman–Crippen LogP) is 2.62. The molecule has 0 bridgehead atoms. The Hall–Kier alpha value is -2.92. The molecule has 1 aliphatic rings. The molecular formula is C19H16N2O3. The molecule has 1 aliphatic carbocycles. The lowest BCUT2D eigenvalue weighted by Crippen LogP contribution is -2.32. The number of nitrogens with zero attached hydrogens (tertiary/aromatic N) is 1. The highest BCUT2D eigenvalue weighted by Gasteiger charge is 2.31. The summed E-state index contributed by atoms with van der Waals surface area (Å²) in [4.78, 5) is 16.4. The van der Waals surface area contributed by atoms with E-state index in [0.29, 0.717) is 17.9 Å². The smallest absolute Gasteiger partial charge is 0.244 e. The summed E-state index contributed by atoms with van der Waals surface area (Å²) >= 11 is 0. The van der Waals surface area contributed by atoms with Gasteiger partial charge >= 0.3 is 0 Å². The van der Waals surface area contributed by atoms with Gasteiger partial charge in [0.2, 0.25) is 11.8 Å². The van der Waals surface area contributed by atoms with Gasteiger partial charge in [-0.05, 0) is 23.3 Å². The van der Waals surface area contributed by atoms with Crippen LogP contribution >= 0.6 is 0 Å². The van der Waals surface area contributed by atoms with E-state index in [9.17, 15) is 9.90 Å². The molecule has 120 valence electrons. The molecule has 0 spiro atoms. The number of nitrogens with one attached hydrogen (secondary N) is 1. The number of carbonyl (C=O) groups is 1. The molecule has 1 aromatic heterocycles. The van der Waals surface area contributed by atoms with Crippen molar-refractivity contribution in [3.8, 4) is 0 Å². The Morgan fingerprint density at radius 1 is 1.21 bits per heavy atom. The molecule has 0 saturated heterocycles. The summed E-state index contributed by atoms with van der Waals surface area (Å²) in [5, 5.41) is 13.0. The Bertz CT molecular complexity index is 896. The second-order valence-corrected chi connectivity index (χ2v) is 5.81. The van der Waals surface area contributed by atoms with E-state index in [-0.39, 0.29) is 11.9 Å². The van der Waals surface area contributed by atoms with E-state index in [0.717, 1.165) is 16.6 Å². The number of benzene rings is 2. The average molecular weight is 320 g/mol. The first-order valence-electron chi connectivity index (χ1n) is 7.81. The molecule has 24 heavy (non-hydrogen) atoms. The fraction of sp³-hybridized carbons (Fsp3) is 0.158. The minimum absolute atomic E-state index is 0.294. The molecule has 0 unspecified atom stereocenters. The quantitative estimate of drug-likeness (QED) is 0.727. The van der Waals surface area contributed by atoms with Gasteiger partial charge in [0.1, 0.15) is 5.52 Å². The van der Waals surface area contributed by atoms with Crippen molar-refractivity contribution in [1.82, 2.24) is 10.3 Å². The molecule has 3 aromatic rings. The van der Waals surface area contributed by atoms with E-state index in [1.54, 1.807) is 0 Å². The summed E-state index contributed by atoms with van der Waals surface area (Å²) in [6.45, 7) is 0. The van der Waals surface area contributed by atoms with Gasteiger partial charge in [0.05, 0.1) is 12.1 Å². The first kappa shape index (κ1) is 14.7. The highest BCUT2D eigenvalue weighted by atomic mass is 16.3. The second-order valence-electron chi connectivity index (χ2n) is 5.81. The van der Waals surface area contributed by atoms with Gasteiger partial charge in [-0.3, -0.25) is 4.79 Å². The van der Waals surface area contributed by atoms with Gasteiger partial charge < -0.3 is 14.8 Å². The summed E-state index contributed by atoms with van der Waals surface area (Å²) < 4.78 is 5.54. The van der Waals surface area contributed by atoms with Crippen molar-refractivity contribution in [2.45, 2.75) is 18.6 Å². The minimum Gasteiger partial charge on any atom is -0.437 e. The first-order chi connectivity index (χ1) is 11.7. The number of rotatable bonds is 3. The van der Waals surface area contributed by atoms with Gasteiger partial charge in [-0.2, -0.15) is 0 Å². The summed E-state index contributed by atoms with van der Waals surface area (Å²) in [5.74, 6) is 0.0803. The standard InChI is InChI=1S/C19H16N2O3/c22-15-11-12-5-1-2-6-13(12)19(15)21-17(23)9-10-18-20-14-7-3-4-8-16(14)24-18/h1-10,15,19,22H,11H2,(H,21,23)/b10-9+/t15-,19+/m1/s1. The molecule has 2 N–H and O–H groups in total. The van der Waals surface area contributed by atoms with Crippen molar-refractivity contribution in [2.24, 2.45) is 0 Å². The number of carbonyl (C=O) groups excluding carboxylic acids is 1. The van der Waals surface area contributed by atoms with E-state index < -0.39 is 6.10 Å². The summed E-state index contributed by atoms with van der Waals surface area (Å²) in [6.07, 6.45) is 2.85. The zero-order valence-corrected chi connectivity index (χ0v) is 12.8. The zero-order valence-electron chi connectivity index (χ0n) is 12.8. The monoisotopic (exact) mass is 320 g/mol. The van der Waals surface area contributed by atoms with E-state index >= 15 is 0 Å². The summed E-state index contributed by atoms with van der Waals surface area (Å²) in [7, 11) is 0. The van der Waals surface area contributed by atoms with E-state index in [4.69, 9.17) is 4.42 Å². The van der Waals surface area contributed by atoms with Crippen molar-refractivity contribution in [3.63, 3.8) is 0 Å². The SMILES string of the molecule is O=C(/C=C/c1nc2ccccc2o1)N[C@H]1c2ccccc2C[C@H]1O. The molecule has 0 radical (unpaired) electrons. The van der Waals surface area contributed by atoms with Crippen LogP contribution in [-0.2, 0) is 11.2 Å². The molecule has 5 nitrogen and oxygen atoms in total. The third-order valence-corrected chi connectivity index (χ3v) is 4.19.